The second kappa shape index (κ2) is 8.14. The van der Waals surface area contributed by atoms with Gasteiger partial charge in [-0.15, -0.1) is 0 Å². The monoisotopic (exact) mass is 415 g/mol. The average Bonchev–Trinajstić information content (AvgIpc) is 3.02. The number of hydrogen-bond acceptors (Lipinski definition) is 3. The van der Waals surface area contributed by atoms with Crippen molar-refractivity contribution in [1.29, 1.82) is 0 Å². The lowest BCUT2D eigenvalue weighted by atomic mass is 10.1. The van der Waals surface area contributed by atoms with Gasteiger partial charge in [-0.2, -0.15) is 0 Å². The Kier molecular flexibility index (Phi) is 5.68. The summed E-state index contributed by atoms with van der Waals surface area (Å²) in [6.45, 7) is 0.287. The van der Waals surface area contributed by atoms with Crippen molar-refractivity contribution < 1.29 is 14.4 Å². The predicted octanol–water partition coefficient (Wildman–Crippen LogP) is 2.19. The van der Waals surface area contributed by atoms with E-state index in [4.69, 9.17) is 0 Å². The van der Waals surface area contributed by atoms with E-state index in [0.29, 0.717) is 0 Å². The summed E-state index contributed by atoms with van der Waals surface area (Å²) in [5.41, 5.74) is 6.43. The zero-order chi connectivity index (χ0) is 18.5. The van der Waals surface area contributed by atoms with E-state index >= 15 is 0 Å². The Morgan fingerprint density at radius 2 is 1.85 bits per heavy atom. The van der Waals surface area contributed by atoms with E-state index in [1.807, 2.05) is 54.6 Å². The summed E-state index contributed by atoms with van der Waals surface area (Å²) in [6.07, 6.45) is 0.293. The molecule has 0 aromatic heterocycles. The first-order valence-corrected chi connectivity index (χ1v) is 9.01. The van der Waals surface area contributed by atoms with Crippen LogP contribution >= 0.6 is 15.9 Å². The Morgan fingerprint density at radius 3 is 2.58 bits per heavy atom. The Balaban J connectivity index is 1.52. The lowest BCUT2D eigenvalue weighted by molar-refractivity contribution is -0.131. The van der Waals surface area contributed by atoms with Crippen LogP contribution in [0.2, 0.25) is 0 Å². The fourth-order valence-corrected chi connectivity index (χ4v) is 3.22. The molecule has 0 spiro atoms. The molecule has 3 rings (SSSR count). The highest BCUT2D eigenvalue weighted by Gasteiger charge is 2.35. The van der Waals surface area contributed by atoms with Gasteiger partial charge in [-0.05, 0) is 23.8 Å². The third-order valence-electron chi connectivity index (χ3n) is 4.15. The minimum absolute atomic E-state index is 0.112. The maximum absolute atomic E-state index is 12.3. The van der Waals surface area contributed by atoms with Gasteiger partial charge in [0.25, 0.3) is 0 Å². The first kappa shape index (κ1) is 18.1. The van der Waals surface area contributed by atoms with Crippen LogP contribution in [0.25, 0.3) is 0 Å². The zero-order valence-electron chi connectivity index (χ0n) is 13.9. The fourth-order valence-electron chi connectivity index (χ4n) is 2.84. The van der Waals surface area contributed by atoms with Crippen molar-refractivity contribution in [2.24, 2.45) is 5.92 Å². The number of rotatable bonds is 4. The summed E-state index contributed by atoms with van der Waals surface area (Å²) in [5.74, 6) is -1.28. The fraction of sp³-hybridized carbons (Fsp3) is 0.211. The topological polar surface area (TPSA) is 78.5 Å². The first-order chi connectivity index (χ1) is 12.5. The molecule has 7 heteroatoms. The number of halogens is 1. The van der Waals surface area contributed by atoms with Gasteiger partial charge in [0.1, 0.15) is 0 Å². The van der Waals surface area contributed by atoms with E-state index in [2.05, 4.69) is 26.8 Å². The van der Waals surface area contributed by atoms with Gasteiger partial charge in [0.05, 0.1) is 12.3 Å². The smallest absolute Gasteiger partial charge is 0.243 e. The number of anilines is 1. The molecule has 0 bridgehead atoms. The lowest BCUT2D eigenvalue weighted by Crippen LogP contribution is -2.45. The second-order valence-corrected chi connectivity index (χ2v) is 7.00. The number of amides is 3. The van der Waals surface area contributed by atoms with Crippen molar-refractivity contribution in [3.05, 3.63) is 64.6 Å². The predicted molar refractivity (Wildman–Crippen MR) is 101 cm³/mol. The Bertz CT molecular complexity index is 826. The number of carbonyl (C=O) groups is 3. The molecule has 0 saturated carbocycles. The van der Waals surface area contributed by atoms with Crippen LogP contribution in [-0.2, 0) is 20.8 Å². The number of nitrogens with one attached hydrogen (secondary N) is 2. The highest BCUT2D eigenvalue weighted by Crippen LogP contribution is 2.27. The number of benzene rings is 2. The Morgan fingerprint density at radius 1 is 1.08 bits per heavy atom. The summed E-state index contributed by atoms with van der Waals surface area (Å²) in [4.78, 5) is 38.0. The molecule has 1 atom stereocenters. The van der Waals surface area contributed by atoms with E-state index in [9.17, 15) is 14.4 Å². The maximum atomic E-state index is 12.3. The van der Waals surface area contributed by atoms with E-state index < -0.39 is 5.92 Å². The largest absolute Gasteiger partial charge is 0.312 e. The van der Waals surface area contributed by atoms with E-state index in [-0.39, 0.29) is 37.1 Å². The molecule has 3 amide bonds. The zero-order valence-corrected chi connectivity index (χ0v) is 15.5. The molecule has 0 aliphatic carbocycles. The molecule has 1 heterocycles. The second-order valence-electron chi connectivity index (χ2n) is 6.09. The van der Waals surface area contributed by atoms with Crippen LogP contribution in [-0.4, -0.2) is 24.3 Å². The van der Waals surface area contributed by atoms with Gasteiger partial charge in [-0.3, -0.25) is 25.2 Å². The summed E-state index contributed by atoms with van der Waals surface area (Å²) in [6, 6.07) is 16.6. The average molecular weight is 416 g/mol. The van der Waals surface area contributed by atoms with Crippen molar-refractivity contribution in [2.45, 2.75) is 12.8 Å². The molecular weight excluding hydrogens is 398 g/mol. The van der Waals surface area contributed by atoms with Gasteiger partial charge in [-0.25, -0.2) is 0 Å². The van der Waals surface area contributed by atoms with Crippen LogP contribution in [0.15, 0.2) is 59.1 Å². The standard InChI is InChI=1S/C19H18BrN3O3/c20-15-7-4-8-16(11-15)23-12-14(10-18(23)25)19(26)22-21-17(24)9-13-5-2-1-3-6-13/h1-8,11,14H,9-10,12H2,(H,21,24)(H,22,26)/t14-/m0/s1. The highest BCUT2D eigenvalue weighted by molar-refractivity contribution is 9.10. The van der Waals surface area contributed by atoms with E-state index in [1.54, 1.807) is 4.90 Å². The normalized spacial score (nSPS) is 16.4. The third kappa shape index (κ3) is 4.49. The molecule has 26 heavy (non-hydrogen) atoms. The van der Waals surface area contributed by atoms with Crippen LogP contribution in [0, 0.1) is 5.92 Å². The molecule has 134 valence electrons. The molecule has 2 aromatic carbocycles. The molecule has 1 aliphatic rings. The van der Waals surface area contributed by atoms with Crippen LogP contribution in [0.1, 0.15) is 12.0 Å². The minimum Gasteiger partial charge on any atom is -0.312 e. The van der Waals surface area contributed by atoms with Crippen molar-refractivity contribution in [3.63, 3.8) is 0 Å². The molecule has 1 fully saturated rings. The summed E-state index contributed by atoms with van der Waals surface area (Å²) in [7, 11) is 0. The number of nitrogens with zero attached hydrogens (tertiary/aromatic N) is 1. The molecular formula is C19H18BrN3O3. The van der Waals surface area contributed by atoms with E-state index in [0.717, 1.165) is 15.7 Å². The van der Waals surface area contributed by atoms with Crippen LogP contribution in [0.4, 0.5) is 5.69 Å². The Labute approximate surface area is 159 Å². The summed E-state index contributed by atoms with van der Waals surface area (Å²) in [5, 5.41) is 0. The number of carbonyl (C=O) groups excluding carboxylic acids is 3. The molecule has 1 aliphatic heterocycles. The summed E-state index contributed by atoms with van der Waals surface area (Å²) >= 11 is 3.38. The SMILES string of the molecule is O=C(Cc1ccccc1)NNC(=O)[C@H]1CC(=O)N(c2cccc(Br)c2)C1. The van der Waals surface area contributed by atoms with Gasteiger partial charge in [0.2, 0.25) is 17.7 Å². The quantitative estimate of drug-likeness (QED) is 0.751. The van der Waals surface area contributed by atoms with Gasteiger partial charge in [-0.1, -0.05) is 52.3 Å². The molecule has 2 N–H and O–H groups in total. The van der Waals surface area contributed by atoms with Crippen LogP contribution in [0.3, 0.4) is 0 Å². The maximum Gasteiger partial charge on any atom is 0.243 e. The van der Waals surface area contributed by atoms with Crippen LogP contribution < -0.4 is 15.8 Å². The van der Waals surface area contributed by atoms with Crippen molar-refractivity contribution in [3.8, 4) is 0 Å². The molecule has 6 nitrogen and oxygen atoms in total. The molecule has 0 radical (unpaired) electrons. The van der Waals surface area contributed by atoms with E-state index in [1.165, 1.54) is 0 Å². The summed E-state index contributed by atoms with van der Waals surface area (Å²) < 4.78 is 0.865. The van der Waals surface area contributed by atoms with Crippen molar-refractivity contribution >= 4 is 39.3 Å². The van der Waals surface area contributed by atoms with Crippen molar-refractivity contribution in [2.75, 3.05) is 11.4 Å². The van der Waals surface area contributed by atoms with Crippen LogP contribution in [0.5, 0.6) is 0 Å². The lowest BCUT2D eigenvalue weighted by Gasteiger charge is -2.17. The van der Waals surface area contributed by atoms with Gasteiger partial charge >= 0.3 is 0 Å². The van der Waals surface area contributed by atoms with Gasteiger partial charge < -0.3 is 4.90 Å². The molecule has 1 saturated heterocycles. The number of hydrazine groups is 1. The highest BCUT2D eigenvalue weighted by atomic mass is 79.9. The Hall–Kier alpha value is -2.67. The molecule has 0 unspecified atom stereocenters. The van der Waals surface area contributed by atoms with Gasteiger partial charge in [0, 0.05) is 23.1 Å². The number of hydrogen-bond donors (Lipinski definition) is 2. The molecule has 2 aromatic rings. The van der Waals surface area contributed by atoms with Gasteiger partial charge in [0.15, 0.2) is 0 Å². The first-order valence-electron chi connectivity index (χ1n) is 8.21. The third-order valence-corrected chi connectivity index (χ3v) is 4.64. The minimum atomic E-state index is -0.501. The van der Waals surface area contributed by atoms with Crippen molar-refractivity contribution in [1.82, 2.24) is 10.9 Å².